The molecule has 28 heavy (non-hydrogen) atoms. The van der Waals surface area contributed by atoms with Crippen molar-refractivity contribution < 1.29 is 14.3 Å². The molecule has 0 saturated heterocycles. The molecule has 4 rings (SSSR count). The molecule has 1 aromatic carbocycles. The van der Waals surface area contributed by atoms with Gasteiger partial charge in [-0.2, -0.15) is 0 Å². The van der Waals surface area contributed by atoms with E-state index in [0.29, 0.717) is 5.56 Å². The van der Waals surface area contributed by atoms with Gasteiger partial charge in [0, 0.05) is 21.8 Å². The zero-order valence-electron chi connectivity index (χ0n) is 16.1. The SMILES string of the molecule is Cc1cc(C(=O)COC(=O)C2(c3ccccc3)CC2)c(C)n1Cc1cccs1. The van der Waals surface area contributed by atoms with Crippen molar-refractivity contribution in [2.24, 2.45) is 0 Å². The van der Waals surface area contributed by atoms with Gasteiger partial charge in [0.05, 0.1) is 12.0 Å². The van der Waals surface area contributed by atoms with E-state index >= 15 is 0 Å². The van der Waals surface area contributed by atoms with Gasteiger partial charge in [-0.3, -0.25) is 9.59 Å². The normalized spacial score (nSPS) is 14.6. The van der Waals surface area contributed by atoms with Gasteiger partial charge in [0.25, 0.3) is 0 Å². The lowest BCUT2D eigenvalue weighted by Crippen LogP contribution is -2.26. The van der Waals surface area contributed by atoms with Crippen LogP contribution in [0.25, 0.3) is 0 Å². The minimum atomic E-state index is -0.558. The van der Waals surface area contributed by atoms with Crippen LogP contribution in [0.15, 0.2) is 53.9 Å². The van der Waals surface area contributed by atoms with Crippen molar-refractivity contribution in [3.8, 4) is 0 Å². The van der Waals surface area contributed by atoms with Crippen LogP contribution in [-0.4, -0.2) is 22.9 Å². The molecule has 1 saturated carbocycles. The van der Waals surface area contributed by atoms with Crippen molar-refractivity contribution in [3.63, 3.8) is 0 Å². The molecule has 144 valence electrons. The molecule has 5 heteroatoms. The molecule has 3 aromatic rings. The van der Waals surface area contributed by atoms with Gasteiger partial charge < -0.3 is 9.30 Å². The minimum absolute atomic E-state index is 0.150. The number of thiophene rings is 1. The van der Waals surface area contributed by atoms with E-state index in [-0.39, 0.29) is 18.4 Å². The Hall–Kier alpha value is -2.66. The van der Waals surface area contributed by atoms with E-state index in [4.69, 9.17) is 4.74 Å². The highest BCUT2D eigenvalue weighted by molar-refractivity contribution is 7.09. The first-order valence-corrected chi connectivity index (χ1v) is 10.3. The van der Waals surface area contributed by atoms with Crippen molar-refractivity contribution in [1.29, 1.82) is 0 Å². The van der Waals surface area contributed by atoms with E-state index in [9.17, 15) is 9.59 Å². The molecule has 0 radical (unpaired) electrons. The second kappa shape index (κ2) is 7.40. The molecular formula is C23H23NO3S. The van der Waals surface area contributed by atoms with Crippen LogP contribution in [-0.2, 0) is 21.5 Å². The Kier molecular flexibility index (Phi) is 4.94. The average Bonchev–Trinajstić information content (AvgIpc) is 3.28. The fourth-order valence-electron chi connectivity index (χ4n) is 3.72. The third-order valence-electron chi connectivity index (χ3n) is 5.57. The lowest BCUT2D eigenvalue weighted by molar-refractivity contribution is -0.145. The maximum absolute atomic E-state index is 12.7. The molecule has 0 bridgehead atoms. The van der Waals surface area contributed by atoms with E-state index in [1.807, 2.05) is 56.3 Å². The van der Waals surface area contributed by atoms with Crippen molar-refractivity contribution in [3.05, 3.63) is 81.3 Å². The Labute approximate surface area is 168 Å². The molecule has 1 aliphatic carbocycles. The summed E-state index contributed by atoms with van der Waals surface area (Å²) >= 11 is 1.70. The van der Waals surface area contributed by atoms with Crippen LogP contribution in [0.3, 0.4) is 0 Å². The van der Waals surface area contributed by atoms with E-state index in [0.717, 1.165) is 36.3 Å². The molecule has 1 aliphatic rings. The number of carbonyl (C=O) groups is 2. The Morgan fingerprint density at radius 3 is 2.50 bits per heavy atom. The standard InChI is InChI=1S/C23H23NO3S/c1-16-13-20(17(2)24(16)14-19-9-6-12-28-19)21(25)15-27-22(26)23(10-11-23)18-7-4-3-5-8-18/h3-9,12-13H,10-11,14-15H2,1-2H3. The van der Waals surface area contributed by atoms with Crippen LogP contribution in [0.2, 0.25) is 0 Å². The number of nitrogens with zero attached hydrogens (tertiary/aromatic N) is 1. The first kappa shape index (κ1) is 18.7. The predicted molar refractivity (Wildman–Crippen MR) is 110 cm³/mol. The Balaban J connectivity index is 1.44. The van der Waals surface area contributed by atoms with Crippen LogP contribution in [0.5, 0.6) is 0 Å². The number of Topliss-reactive ketones (excluding diaryl/α,β-unsaturated/α-hetero) is 1. The molecule has 2 aromatic heterocycles. The molecule has 0 aliphatic heterocycles. The van der Waals surface area contributed by atoms with Crippen molar-refractivity contribution in [2.45, 2.75) is 38.6 Å². The number of hydrogen-bond acceptors (Lipinski definition) is 4. The quantitative estimate of drug-likeness (QED) is 0.433. The topological polar surface area (TPSA) is 48.3 Å². The fraction of sp³-hybridized carbons (Fsp3) is 0.304. The smallest absolute Gasteiger partial charge is 0.317 e. The lowest BCUT2D eigenvalue weighted by atomic mass is 9.96. The number of aryl methyl sites for hydroxylation is 1. The van der Waals surface area contributed by atoms with Gasteiger partial charge in [0.2, 0.25) is 5.78 Å². The number of ketones is 1. The van der Waals surface area contributed by atoms with Gasteiger partial charge in [0.15, 0.2) is 6.61 Å². The summed E-state index contributed by atoms with van der Waals surface area (Å²) in [6.07, 6.45) is 1.55. The maximum Gasteiger partial charge on any atom is 0.317 e. The molecule has 0 N–H and O–H groups in total. The summed E-state index contributed by atoms with van der Waals surface area (Å²) in [6.45, 7) is 4.48. The minimum Gasteiger partial charge on any atom is -0.457 e. The van der Waals surface area contributed by atoms with Crippen molar-refractivity contribution >= 4 is 23.1 Å². The van der Waals surface area contributed by atoms with Gasteiger partial charge >= 0.3 is 5.97 Å². The van der Waals surface area contributed by atoms with Gasteiger partial charge in [0.1, 0.15) is 0 Å². The Morgan fingerprint density at radius 1 is 1.11 bits per heavy atom. The third-order valence-corrected chi connectivity index (χ3v) is 6.43. The highest BCUT2D eigenvalue weighted by atomic mass is 32.1. The highest BCUT2D eigenvalue weighted by Crippen LogP contribution is 2.49. The number of rotatable bonds is 7. The summed E-state index contributed by atoms with van der Waals surface area (Å²) in [7, 11) is 0. The Bertz CT molecular complexity index is 998. The van der Waals surface area contributed by atoms with Crippen molar-refractivity contribution in [2.75, 3.05) is 6.61 Å². The maximum atomic E-state index is 12.7. The molecule has 1 fully saturated rings. The van der Waals surface area contributed by atoms with E-state index < -0.39 is 5.41 Å². The zero-order valence-corrected chi connectivity index (χ0v) is 16.9. The van der Waals surface area contributed by atoms with Crippen LogP contribution in [0.4, 0.5) is 0 Å². The van der Waals surface area contributed by atoms with E-state index in [1.165, 1.54) is 4.88 Å². The molecule has 0 unspecified atom stereocenters. The van der Waals surface area contributed by atoms with Gasteiger partial charge in [-0.25, -0.2) is 0 Å². The fourth-order valence-corrected chi connectivity index (χ4v) is 4.42. The molecule has 0 atom stereocenters. The number of benzene rings is 1. The summed E-state index contributed by atoms with van der Waals surface area (Å²) < 4.78 is 7.59. The molecule has 2 heterocycles. The third kappa shape index (κ3) is 3.42. The second-order valence-corrected chi connectivity index (χ2v) is 8.43. The largest absolute Gasteiger partial charge is 0.457 e. The van der Waals surface area contributed by atoms with E-state index in [1.54, 1.807) is 11.3 Å². The first-order valence-electron chi connectivity index (χ1n) is 9.46. The van der Waals surface area contributed by atoms with Crippen LogP contribution < -0.4 is 0 Å². The number of esters is 1. The van der Waals surface area contributed by atoms with Gasteiger partial charge in [-0.05, 0) is 49.8 Å². The van der Waals surface area contributed by atoms with Crippen molar-refractivity contribution in [1.82, 2.24) is 4.57 Å². The summed E-state index contributed by atoms with van der Waals surface area (Å²) in [5, 5.41) is 2.05. The number of ether oxygens (including phenoxy) is 1. The number of aromatic nitrogens is 1. The average molecular weight is 394 g/mol. The zero-order chi connectivity index (χ0) is 19.7. The summed E-state index contributed by atoms with van der Waals surface area (Å²) in [5.41, 5.74) is 2.99. The monoisotopic (exact) mass is 393 g/mol. The molecule has 0 amide bonds. The molecule has 0 spiro atoms. The van der Waals surface area contributed by atoms with Gasteiger partial charge in [-0.15, -0.1) is 11.3 Å². The van der Waals surface area contributed by atoms with Crippen LogP contribution in [0, 0.1) is 13.8 Å². The van der Waals surface area contributed by atoms with Gasteiger partial charge in [-0.1, -0.05) is 36.4 Å². The summed E-state index contributed by atoms with van der Waals surface area (Å²) in [5.74, 6) is -0.442. The second-order valence-electron chi connectivity index (χ2n) is 7.40. The lowest BCUT2D eigenvalue weighted by Gasteiger charge is -2.14. The number of carbonyl (C=O) groups excluding carboxylic acids is 2. The van der Waals surface area contributed by atoms with E-state index in [2.05, 4.69) is 16.0 Å². The first-order chi connectivity index (χ1) is 13.5. The predicted octanol–water partition coefficient (Wildman–Crippen LogP) is 4.67. The summed E-state index contributed by atoms with van der Waals surface area (Å²) in [4.78, 5) is 26.6. The summed E-state index contributed by atoms with van der Waals surface area (Å²) in [6, 6.07) is 15.7. The number of hydrogen-bond donors (Lipinski definition) is 0. The molecular weight excluding hydrogens is 370 g/mol. The van der Waals surface area contributed by atoms with Crippen LogP contribution >= 0.6 is 11.3 Å². The Morgan fingerprint density at radius 2 is 1.86 bits per heavy atom. The van der Waals surface area contributed by atoms with Crippen LogP contribution in [0.1, 0.15) is 45.0 Å². The molecule has 4 nitrogen and oxygen atoms in total. The highest BCUT2D eigenvalue weighted by Gasteiger charge is 2.52.